The van der Waals surface area contributed by atoms with E-state index in [4.69, 9.17) is 4.74 Å². The summed E-state index contributed by atoms with van der Waals surface area (Å²) >= 11 is 0. The van der Waals surface area contributed by atoms with E-state index in [0.29, 0.717) is 0 Å². The van der Waals surface area contributed by atoms with Crippen LogP contribution in [-0.4, -0.2) is 0 Å². The Morgan fingerprint density at radius 1 is 1.27 bits per heavy atom. The van der Waals surface area contributed by atoms with Gasteiger partial charge in [0.05, 0.1) is 6.26 Å². The Bertz CT molecular complexity index is 299. The summed E-state index contributed by atoms with van der Waals surface area (Å²) in [6.07, 6.45) is 2.85. The molecule has 0 aromatic heterocycles. The third-order valence-electron chi connectivity index (χ3n) is 1.83. The summed E-state index contributed by atoms with van der Waals surface area (Å²) in [7, 11) is 0. The standard InChI is InChI=1S/C10H10O/c1-8-6-9-4-2-3-5-10(9)11-7-8/h2-5,7H,6H2,1H3. The SMILES string of the molecule is CC1=COc2ccccc2C1. The number of fused-ring (bicyclic) bond motifs is 1. The summed E-state index contributed by atoms with van der Waals surface area (Å²) in [5.41, 5.74) is 2.57. The molecule has 0 saturated carbocycles. The average molecular weight is 146 g/mol. The highest BCUT2D eigenvalue weighted by molar-refractivity contribution is 5.38. The van der Waals surface area contributed by atoms with Gasteiger partial charge in [0.1, 0.15) is 5.75 Å². The number of benzene rings is 1. The minimum atomic E-state index is 0.998. The number of para-hydroxylation sites is 1. The Morgan fingerprint density at radius 3 is 3.00 bits per heavy atom. The van der Waals surface area contributed by atoms with Gasteiger partial charge in [-0.1, -0.05) is 18.2 Å². The molecule has 0 atom stereocenters. The molecule has 0 saturated heterocycles. The second kappa shape index (κ2) is 2.42. The topological polar surface area (TPSA) is 9.23 Å². The van der Waals surface area contributed by atoms with E-state index in [1.54, 1.807) is 0 Å². The molecule has 1 aromatic carbocycles. The molecule has 0 fully saturated rings. The third-order valence-corrected chi connectivity index (χ3v) is 1.83. The first-order chi connectivity index (χ1) is 5.36. The Balaban J connectivity index is 2.42. The number of ether oxygens (including phenoxy) is 1. The number of hydrogen-bond acceptors (Lipinski definition) is 1. The van der Waals surface area contributed by atoms with Crippen molar-refractivity contribution in [3.63, 3.8) is 0 Å². The second-order valence-corrected chi connectivity index (χ2v) is 2.87. The van der Waals surface area contributed by atoms with Gasteiger partial charge < -0.3 is 4.74 Å². The average Bonchev–Trinajstić information content (AvgIpc) is 2.04. The lowest BCUT2D eigenvalue weighted by Gasteiger charge is -2.13. The van der Waals surface area contributed by atoms with Crippen LogP contribution in [-0.2, 0) is 6.42 Å². The van der Waals surface area contributed by atoms with Crippen LogP contribution in [0.4, 0.5) is 0 Å². The summed E-state index contributed by atoms with van der Waals surface area (Å²) in [6.45, 7) is 2.08. The highest BCUT2D eigenvalue weighted by atomic mass is 16.5. The fourth-order valence-electron chi connectivity index (χ4n) is 1.27. The molecule has 0 unspecified atom stereocenters. The highest BCUT2D eigenvalue weighted by Gasteiger charge is 2.07. The minimum Gasteiger partial charge on any atom is -0.465 e. The van der Waals surface area contributed by atoms with Crippen molar-refractivity contribution in [1.82, 2.24) is 0 Å². The molecule has 1 aliphatic rings. The van der Waals surface area contributed by atoms with Gasteiger partial charge in [-0.25, -0.2) is 0 Å². The monoisotopic (exact) mass is 146 g/mol. The fourth-order valence-corrected chi connectivity index (χ4v) is 1.27. The van der Waals surface area contributed by atoms with E-state index in [2.05, 4.69) is 13.0 Å². The zero-order chi connectivity index (χ0) is 7.68. The molecule has 1 nitrogen and oxygen atoms in total. The van der Waals surface area contributed by atoms with Gasteiger partial charge >= 0.3 is 0 Å². The molecule has 1 aliphatic heterocycles. The van der Waals surface area contributed by atoms with E-state index in [1.807, 2.05) is 24.5 Å². The van der Waals surface area contributed by atoms with Gasteiger partial charge in [-0.3, -0.25) is 0 Å². The number of rotatable bonds is 0. The third kappa shape index (κ3) is 1.14. The molecule has 0 radical (unpaired) electrons. The second-order valence-electron chi connectivity index (χ2n) is 2.87. The summed E-state index contributed by atoms with van der Waals surface area (Å²) in [5, 5.41) is 0. The van der Waals surface area contributed by atoms with Crippen molar-refractivity contribution in [2.45, 2.75) is 13.3 Å². The van der Waals surface area contributed by atoms with Gasteiger partial charge in [0.2, 0.25) is 0 Å². The van der Waals surface area contributed by atoms with E-state index < -0.39 is 0 Å². The first-order valence-electron chi connectivity index (χ1n) is 3.76. The van der Waals surface area contributed by atoms with Crippen LogP contribution in [0.15, 0.2) is 36.1 Å². The molecule has 1 heterocycles. The Kier molecular flexibility index (Phi) is 1.42. The van der Waals surface area contributed by atoms with Crippen LogP contribution < -0.4 is 4.74 Å². The molecule has 0 N–H and O–H groups in total. The van der Waals surface area contributed by atoms with Gasteiger partial charge in [0.15, 0.2) is 0 Å². The maximum atomic E-state index is 5.37. The number of hydrogen-bond donors (Lipinski definition) is 0. The van der Waals surface area contributed by atoms with Crippen LogP contribution in [0.2, 0.25) is 0 Å². The van der Waals surface area contributed by atoms with Gasteiger partial charge in [0, 0.05) is 6.42 Å². The van der Waals surface area contributed by atoms with Crippen molar-refractivity contribution in [2.24, 2.45) is 0 Å². The first-order valence-corrected chi connectivity index (χ1v) is 3.76. The maximum Gasteiger partial charge on any atom is 0.130 e. The van der Waals surface area contributed by atoms with Crippen LogP contribution in [0.1, 0.15) is 12.5 Å². The van der Waals surface area contributed by atoms with Crippen molar-refractivity contribution in [3.8, 4) is 5.75 Å². The summed E-state index contributed by atoms with van der Waals surface area (Å²) in [6, 6.07) is 8.14. The van der Waals surface area contributed by atoms with Crippen LogP contribution in [0, 0.1) is 0 Å². The molecule has 0 bridgehead atoms. The summed E-state index contributed by atoms with van der Waals surface area (Å²) < 4.78 is 5.37. The fraction of sp³-hybridized carbons (Fsp3) is 0.200. The largest absolute Gasteiger partial charge is 0.465 e. The summed E-state index contributed by atoms with van der Waals surface area (Å²) in [5.74, 6) is 0.998. The molecular formula is C10H10O. The van der Waals surface area contributed by atoms with E-state index in [1.165, 1.54) is 11.1 Å². The first kappa shape index (κ1) is 6.47. The predicted molar refractivity (Wildman–Crippen MR) is 44.5 cm³/mol. The molecule has 2 rings (SSSR count). The lowest BCUT2D eigenvalue weighted by Crippen LogP contribution is -1.99. The highest BCUT2D eigenvalue weighted by Crippen LogP contribution is 2.25. The van der Waals surface area contributed by atoms with Crippen molar-refractivity contribution < 1.29 is 4.74 Å². The molecule has 11 heavy (non-hydrogen) atoms. The smallest absolute Gasteiger partial charge is 0.130 e. The quantitative estimate of drug-likeness (QED) is 0.546. The van der Waals surface area contributed by atoms with Crippen molar-refractivity contribution in [1.29, 1.82) is 0 Å². The zero-order valence-electron chi connectivity index (χ0n) is 6.50. The Morgan fingerprint density at radius 2 is 2.09 bits per heavy atom. The van der Waals surface area contributed by atoms with Crippen molar-refractivity contribution in [3.05, 3.63) is 41.7 Å². The van der Waals surface area contributed by atoms with E-state index in [-0.39, 0.29) is 0 Å². The minimum absolute atomic E-state index is 0.998. The predicted octanol–water partition coefficient (Wildman–Crippen LogP) is 2.53. The van der Waals surface area contributed by atoms with Crippen LogP contribution in [0.5, 0.6) is 5.75 Å². The van der Waals surface area contributed by atoms with Gasteiger partial charge in [0.25, 0.3) is 0 Å². The van der Waals surface area contributed by atoms with E-state index >= 15 is 0 Å². The van der Waals surface area contributed by atoms with E-state index in [9.17, 15) is 0 Å². The zero-order valence-corrected chi connectivity index (χ0v) is 6.50. The lowest BCUT2D eigenvalue weighted by atomic mass is 10.1. The van der Waals surface area contributed by atoms with Crippen molar-refractivity contribution >= 4 is 0 Å². The summed E-state index contributed by atoms with van der Waals surface area (Å²) in [4.78, 5) is 0. The van der Waals surface area contributed by atoms with Crippen LogP contribution >= 0.6 is 0 Å². The van der Waals surface area contributed by atoms with Gasteiger partial charge in [-0.05, 0) is 24.1 Å². The van der Waals surface area contributed by atoms with Crippen molar-refractivity contribution in [2.75, 3.05) is 0 Å². The molecule has 1 aromatic rings. The van der Waals surface area contributed by atoms with Crippen LogP contribution in [0.3, 0.4) is 0 Å². The Hall–Kier alpha value is -1.24. The number of allylic oxidation sites excluding steroid dienone is 1. The normalized spacial score (nSPS) is 14.8. The molecule has 1 heteroatoms. The maximum absolute atomic E-state index is 5.37. The van der Waals surface area contributed by atoms with Crippen LogP contribution in [0.25, 0.3) is 0 Å². The lowest BCUT2D eigenvalue weighted by molar-refractivity contribution is 0.457. The van der Waals surface area contributed by atoms with Gasteiger partial charge in [-0.15, -0.1) is 0 Å². The van der Waals surface area contributed by atoms with Gasteiger partial charge in [-0.2, -0.15) is 0 Å². The molecular weight excluding hydrogens is 136 g/mol. The van der Waals surface area contributed by atoms with E-state index in [0.717, 1.165) is 12.2 Å². The molecule has 0 spiro atoms. The molecule has 56 valence electrons. The Labute approximate surface area is 66.3 Å². The molecule has 0 aliphatic carbocycles. The molecule has 0 amide bonds.